The minimum atomic E-state index is 0.0462. The van der Waals surface area contributed by atoms with Crippen LogP contribution in [0.2, 0.25) is 0 Å². The molecule has 1 atom stereocenters. The van der Waals surface area contributed by atoms with Crippen LogP contribution in [0.1, 0.15) is 13.3 Å². The first-order chi connectivity index (χ1) is 7.58. The highest BCUT2D eigenvalue weighted by Crippen LogP contribution is 2.17. The fourth-order valence-corrected chi connectivity index (χ4v) is 1.20. The fourth-order valence-electron chi connectivity index (χ4n) is 1.20. The number of nitriles is 1. The van der Waals surface area contributed by atoms with Gasteiger partial charge in [0.05, 0.1) is 12.5 Å². The van der Waals surface area contributed by atoms with Gasteiger partial charge in [-0.15, -0.1) is 0 Å². The van der Waals surface area contributed by atoms with Crippen molar-refractivity contribution in [2.75, 3.05) is 23.1 Å². The zero-order valence-corrected chi connectivity index (χ0v) is 9.31. The first-order valence-corrected chi connectivity index (χ1v) is 4.79. The molecule has 1 heterocycles. The van der Waals surface area contributed by atoms with E-state index in [0.717, 1.165) is 0 Å². The van der Waals surface area contributed by atoms with Crippen LogP contribution in [0.4, 0.5) is 17.6 Å². The first kappa shape index (κ1) is 12.0. The van der Waals surface area contributed by atoms with Crippen molar-refractivity contribution >= 4 is 17.6 Å². The lowest BCUT2D eigenvalue weighted by molar-refractivity contribution is 0.693. The van der Waals surface area contributed by atoms with Crippen LogP contribution in [-0.4, -0.2) is 23.1 Å². The molecule has 0 radical (unpaired) electrons. The average molecular weight is 221 g/mol. The number of nitrogen functional groups attached to an aromatic ring is 2. The van der Waals surface area contributed by atoms with Crippen molar-refractivity contribution in [3.8, 4) is 6.07 Å². The van der Waals surface area contributed by atoms with E-state index in [4.69, 9.17) is 16.8 Å². The molecular weight excluding hydrogens is 206 g/mol. The second-order valence-corrected chi connectivity index (χ2v) is 3.44. The maximum absolute atomic E-state index is 8.62. The second-order valence-electron chi connectivity index (χ2n) is 3.44. The Bertz CT molecular complexity index is 397. The number of hydrazine groups is 1. The van der Waals surface area contributed by atoms with Gasteiger partial charge in [0.15, 0.2) is 0 Å². The van der Waals surface area contributed by atoms with Crippen molar-refractivity contribution in [3.63, 3.8) is 0 Å². The Hall–Kier alpha value is -2.07. The zero-order valence-electron chi connectivity index (χ0n) is 9.31. The number of anilines is 3. The predicted octanol–water partition coefficient (Wildman–Crippen LogP) is 0.0828. The maximum atomic E-state index is 8.62. The minimum Gasteiger partial charge on any atom is -0.368 e. The Morgan fingerprint density at radius 2 is 2.31 bits per heavy atom. The molecule has 0 amide bonds. The van der Waals surface area contributed by atoms with E-state index in [1.54, 1.807) is 6.07 Å². The van der Waals surface area contributed by atoms with Crippen molar-refractivity contribution in [2.45, 2.75) is 19.4 Å². The smallest absolute Gasteiger partial charge is 0.223 e. The Labute approximate surface area is 94.0 Å². The van der Waals surface area contributed by atoms with Gasteiger partial charge in [0.2, 0.25) is 5.95 Å². The number of nitrogens with zero attached hydrogens (tertiary/aromatic N) is 4. The maximum Gasteiger partial charge on any atom is 0.223 e. The summed E-state index contributed by atoms with van der Waals surface area (Å²) in [4.78, 5) is 9.80. The largest absolute Gasteiger partial charge is 0.368 e. The van der Waals surface area contributed by atoms with Crippen LogP contribution < -0.4 is 21.9 Å². The Kier molecular flexibility index (Phi) is 3.85. The van der Waals surface area contributed by atoms with E-state index < -0.39 is 0 Å². The molecule has 0 saturated carbocycles. The highest BCUT2D eigenvalue weighted by Gasteiger charge is 2.12. The van der Waals surface area contributed by atoms with Crippen molar-refractivity contribution < 1.29 is 0 Å². The molecular formula is C9H15N7. The lowest BCUT2D eigenvalue weighted by Gasteiger charge is -2.24. The molecule has 7 heteroatoms. The second kappa shape index (κ2) is 5.14. The number of hydrogen-bond acceptors (Lipinski definition) is 7. The van der Waals surface area contributed by atoms with Crippen LogP contribution in [0.5, 0.6) is 0 Å². The lowest BCUT2D eigenvalue weighted by Crippen LogP contribution is -2.29. The molecule has 1 rings (SSSR count). The third kappa shape index (κ3) is 2.71. The summed E-state index contributed by atoms with van der Waals surface area (Å²) in [5, 5.41) is 8.62. The fraction of sp³-hybridized carbons (Fsp3) is 0.444. The van der Waals surface area contributed by atoms with Gasteiger partial charge in [-0.2, -0.15) is 15.2 Å². The summed E-state index contributed by atoms with van der Waals surface area (Å²) in [5.74, 6) is 6.47. The van der Waals surface area contributed by atoms with Gasteiger partial charge in [-0.05, 0) is 6.92 Å². The lowest BCUT2D eigenvalue weighted by atomic mass is 10.2. The van der Waals surface area contributed by atoms with Gasteiger partial charge in [-0.1, -0.05) is 0 Å². The van der Waals surface area contributed by atoms with E-state index in [0.29, 0.717) is 18.1 Å². The number of nitrogens with two attached hydrogens (primary N) is 2. The van der Waals surface area contributed by atoms with Crippen molar-refractivity contribution in [2.24, 2.45) is 5.84 Å². The van der Waals surface area contributed by atoms with Gasteiger partial charge >= 0.3 is 0 Å². The highest BCUT2D eigenvalue weighted by molar-refractivity contribution is 5.52. The monoisotopic (exact) mass is 221 g/mol. The summed E-state index contributed by atoms with van der Waals surface area (Å²) in [6.45, 7) is 1.93. The molecule has 0 aliphatic rings. The number of rotatable bonds is 4. The molecule has 0 aromatic carbocycles. The summed E-state index contributed by atoms with van der Waals surface area (Å²) < 4.78 is 0. The molecule has 1 unspecified atom stereocenters. The van der Waals surface area contributed by atoms with E-state index in [9.17, 15) is 0 Å². The van der Waals surface area contributed by atoms with Crippen molar-refractivity contribution in [3.05, 3.63) is 6.07 Å². The molecule has 0 spiro atoms. The normalized spacial score (nSPS) is 11.6. The summed E-state index contributed by atoms with van der Waals surface area (Å²) >= 11 is 0. The molecule has 7 nitrogen and oxygen atoms in total. The van der Waals surface area contributed by atoms with E-state index in [2.05, 4.69) is 21.5 Å². The van der Waals surface area contributed by atoms with Crippen LogP contribution in [0.15, 0.2) is 6.07 Å². The first-order valence-electron chi connectivity index (χ1n) is 4.79. The van der Waals surface area contributed by atoms with E-state index in [1.807, 2.05) is 18.9 Å². The van der Waals surface area contributed by atoms with Crippen molar-refractivity contribution in [1.82, 2.24) is 9.97 Å². The summed E-state index contributed by atoms with van der Waals surface area (Å²) in [6.07, 6.45) is 0.409. The molecule has 0 aliphatic heterocycles. The van der Waals surface area contributed by atoms with Gasteiger partial charge in [0.1, 0.15) is 11.6 Å². The van der Waals surface area contributed by atoms with E-state index in [1.165, 1.54) is 0 Å². The summed E-state index contributed by atoms with van der Waals surface area (Å²) in [5.41, 5.74) is 7.95. The van der Waals surface area contributed by atoms with E-state index in [-0.39, 0.29) is 12.0 Å². The van der Waals surface area contributed by atoms with Gasteiger partial charge < -0.3 is 16.1 Å². The van der Waals surface area contributed by atoms with Crippen LogP contribution >= 0.6 is 0 Å². The zero-order chi connectivity index (χ0) is 12.1. The van der Waals surface area contributed by atoms with Crippen LogP contribution in [-0.2, 0) is 0 Å². The summed E-state index contributed by atoms with van der Waals surface area (Å²) in [7, 11) is 1.84. The molecule has 5 N–H and O–H groups in total. The molecule has 0 aliphatic carbocycles. The van der Waals surface area contributed by atoms with Crippen LogP contribution in [0.3, 0.4) is 0 Å². The Morgan fingerprint density at radius 3 is 2.88 bits per heavy atom. The molecule has 16 heavy (non-hydrogen) atoms. The molecule has 1 aromatic rings. The molecule has 0 fully saturated rings. The molecule has 86 valence electrons. The number of aromatic nitrogens is 2. The standard InChI is InChI=1S/C9H15N7/c1-6(3-4-10)16(2)8-5-7(15-12)13-9(11)14-8/h5-6H,3,12H2,1-2H3,(H3,11,13,14,15). The Balaban J connectivity index is 2.95. The minimum absolute atomic E-state index is 0.0462. The highest BCUT2D eigenvalue weighted by atomic mass is 15.3. The molecule has 1 aromatic heterocycles. The van der Waals surface area contributed by atoms with E-state index >= 15 is 0 Å². The third-order valence-corrected chi connectivity index (χ3v) is 2.29. The SMILES string of the molecule is CC(CC#N)N(C)c1cc(NN)nc(N)n1. The van der Waals surface area contributed by atoms with Crippen LogP contribution in [0.25, 0.3) is 0 Å². The van der Waals surface area contributed by atoms with Gasteiger partial charge in [-0.3, -0.25) is 0 Å². The third-order valence-electron chi connectivity index (χ3n) is 2.29. The number of hydrogen-bond donors (Lipinski definition) is 3. The summed E-state index contributed by atoms with van der Waals surface area (Å²) in [6, 6.07) is 3.82. The molecule has 0 bridgehead atoms. The van der Waals surface area contributed by atoms with Crippen LogP contribution in [0, 0.1) is 11.3 Å². The molecule has 0 saturated heterocycles. The van der Waals surface area contributed by atoms with Crippen molar-refractivity contribution in [1.29, 1.82) is 5.26 Å². The van der Waals surface area contributed by atoms with Gasteiger partial charge in [0.25, 0.3) is 0 Å². The van der Waals surface area contributed by atoms with Gasteiger partial charge in [0, 0.05) is 19.2 Å². The average Bonchev–Trinajstić information content (AvgIpc) is 2.27. The topological polar surface area (TPSA) is 117 Å². The Morgan fingerprint density at radius 1 is 1.62 bits per heavy atom. The van der Waals surface area contributed by atoms with Gasteiger partial charge in [-0.25, -0.2) is 5.84 Å². The quantitative estimate of drug-likeness (QED) is 0.487. The predicted molar refractivity (Wildman–Crippen MR) is 62.3 cm³/mol. The number of nitrogens with one attached hydrogen (secondary N) is 1.